The minimum absolute atomic E-state index is 0.0557. The Hall–Kier alpha value is -3.90. The lowest BCUT2D eigenvalue weighted by atomic mass is 10.1. The van der Waals surface area contributed by atoms with Crippen molar-refractivity contribution >= 4 is 28.5 Å². The maximum absolute atomic E-state index is 12.6. The number of aryl methyl sites for hydroxylation is 2. The number of hydrogen-bond acceptors (Lipinski definition) is 8. The second-order valence-corrected chi connectivity index (χ2v) is 8.59. The van der Waals surface area contributed by atoms with E-state index in [0.717, 1.165) is 23.6 Å². The highest BCUT2D eigenvalue weighted by Crippen LogP contribution is 2.29. The molecule has 3 rings (SSSR count). The molecule has 0 fully saturated rings. The molecule has 8 nitrogen and oxygen atoms in total. The normalized spacial score (nSPS) is 11.0. The van der Waals surface area contributed by atoms with Gasteiger partial charge in [0, 0.05) is 6.42 Å². The molecule has 1 amide bonds. The number of nitrogens with zero attached hydrogens (tertiary/aromatic N) is 3. The lowest BCUT2D eigenvalue weighted by Crippen LogP contribution is -2.13. The fourth-order valence-electron chi connectivity index (χ4n) is 3.05. The van der Waals surface area contributed by atoms with Gasteiger partial charge in [-0.15, -0.1) is 10.2 Å². The maximum atomic E-state index is 12.6. The Labute approximate surface area is 209 Å². The van der Waals surface area contributed by atoms with Crippen LogP contribution >= 0.6 is 11.3 Å². The number of benzene rings is 2. The van der Waals surface area contributed by atoms with Gasteiger partial charge in [0.25, 0.3) is 5.91 Å². The molecule has 35 heavy (non-hydrogen) atoms. The lowest BCUT2D eigenvalue weighted by Gasteiger charge is -2.13. The Morgan fingerprint density at radius 3 is 2.54 bits per heavy atom. The van der Waals surface area contributed by atoms with Gasteiger partial charge in [-0.25, -0.2) is 0 Å². The molecule has 0 unspecified atom stereocenters. The number of aromatic nitrogens is 2. The Morgan fingerprint density at radius 2 is 1.83 bits per heavy atom. The van der Waals surface area contributed by atoms with Gasteiger partial charge in [0.1, 0.15) is 35.6 Å². The number of nitrogens with one attached hydrogen (secondary N) is 1. The summed E-state index contributed by atoms with van der Waals surface area (Å²) in [6.07, 6.45) is 3.23. The van der Waals surface area contributed by atoms with Crippen LogP contribution in [-0.2, 0) is 11.2 Å². The van der Waals surface area contributed by atoms with Crippen molar-refractivity contribution in [3.63, 3.8) is 0 Å². The first-order valence-electron chi connectivity index (χ1n) is 11.4. The zero-order valence-electron chi connectivity index (χ0n) is 20.0. The summed E-state index contributed by atoms with van der Waals surface area (Å²) in [5.41, 5.74) is 1.75. The standard InChI is InChI=1S/C26H28N4O4S/c1-4-6-24-29-30-26(35-24)28-25(31)20(17-27)15-19-9-12-22(23(16-19)32-5-2)34-14-13-33-21-10-7-18(3)8-11-21/h7-12,15-16H,4-6,13-14H2,1-3H3,(H,28,30,31)/b20-15-. The highest BCUT2D eigenvalue weighted by atomic mass is 32.1. The lowest BCUT2D eigenvalue weighted by molar-refractivity contribution is -0.112. The first kappa shape index (κ1) is 25.7. The fourth-order valence-corrected chi connectivity index (χ4v) is 3.88. The smallest absolute Gasteiger partial charge is 0.268 e. The quantitative estimate of drug-likeness (QED) is 0.210. The SMILES string of the molecule is CCCc1nnc(NC(=O)/C(C#N)=C\c2ccc(OCCOc3ccc(C)cc3)c(OCC)c2)s1. The number of hydrogen-bond donors (Lipinski definition) is 1. The summed E-state index contributed by atoms with van der Waals surface area (Å²) >= 11 is 1.30. The van der Waals surface area contributed by atoms with Gasteiger partial charge in [0.05, 0.1) is 6.61 Å². The van der Waals surface area contributed by atoms with Crippen LogP contribution in [0.5, 0.6) is 17.2 Å². The van der Waals surface area contributed by atoms with Crippen molar-refractivity contribution in [2.45, 2.75) is 33.6 Å². The van der Waals surface area contributed by atoms with Crippen LogP contribution in [-0.4, -0.2) is 35.9 Å². The Balaban J connectivity index is 1.64. The van der Waals surface area contributed by atoms with Crippen LogP contribution in [0.4, 0.5) is 5.13 Å². The minimum Gasteiger partial charge on any atom is -0.490 e. The summed E-state index contributed by atoms with van der Waals surface area (Å²) in [5.74, 6) is 1.31. The third-order valence-electron chi connectivity index (χ3n) is 4.73. The van der Waals surface area contributed by atoms with Crippen molar-refractivity contribution in [3.8, 4) is 23.3 Å². The minimum atomic E-state index is -0.543. The van der Waals surface area contributed by atoms with E-state index in [1.54, 1.807) is 18.2 Å². The van der Waals surface area contributed by atoms with Crippen molar-refractivity contribution in [1.29, 1.82) is 5.26 Å². The summed E-state index contributed by atoms with van der Waals surface area (Å²) in [6.45, 7) is 7.08. The summed E-state index contributed by atoms with van der Waals surface area (Å²) in [4.78, 5) is 12.6. The largest absolute Gasteiger partial charge is 0.490 e. The average Bonchev–Trinajstić information content (AvgIpc) is 3.29. The molecule has 3 aromatic rings. The van der Waals surface area contributed by atoms with Gasteiger partial charge >= 0.3 is 0 Å². The Kier molecular flexibility index (Phi) is 9.63. The molecule has 182 valence electrons. The van der Waals surface area contributed by atoms with Gasteiger partial charge in [-0.05, 0) is 56.2 Å². The monoisotopic (exact) mass is 492 g/mol. The number of carbonyl (C=O) groups excluding carboxylic acids is 1. The Morgan fingerprint density at radius 1 is 1.06 bits per heavy atom. The van der Waals surface area contributed by atoms with Crippen LogP contribution in [0.25, 0.3) is 6.08 Å². The van der Waals surface area contributed by atoms with E-state index in [9.17, 15) is 10.1 Å². The Bertz CT molecular complexity index is 1200. The van der Waals surface area contributed by atoms with Gasteiger partial charge in [-0.3, -0.25) is 10.1 Å². The number of anilines is 1. The van der Waals surface area contributed by atoms with Crippen LogP contribution in [0.3, 0.4) is 0 Å². The summed E-state index contributed by atoms with van der Waals surface area (Å²) in [7, 11) is 0. The molecule has 0 atom stereocenters. The average molecular weight is 493 g/mol. The number of amides is 1. The molecule has 1 N–H and O–H groups in total. The predicted molar refractivity (Wildman–Crippen MR) is 136 cm³/mol. The second-order valence-electron chi connectivity index (χ2n) is 7.52. The molecule has 0 saturated heterocycles. The number of nitriles is 1. The first-order chi connectivity index (χ1) is 17.0. The molecular formula is C26H28N4O4S. The van der Waals surface area contributed by atoms with E-state index in [1.165, 1.54) is 23.0 Å². The summed E-state index contributed by atoms with van der Waals surface area (Å²) in [5, 5.41) is 21.4. The van der Waals surface area contributed by atoms with Crippen LogP contribution in [0.15, 0.2) is 48.0 Å². The third-order valence-corrected chi connectivity index (χ3v) is 5.62. The van der Waals surface area contributed by atoms with E-state index < -0.39 is 5.91 Å². The fraction of sp³-hybridized carbons (Fsp3) is 0.308. The maximum Gasteiger partial charge on any atom is 0.268 e. The second kappa shape index (κ2) is 13.1. The van der Waals surface area contributed by atoms with Crippen molar-refractivity contribution in [2.75, 3.05) is 25.1 Å². The third kappa shape index (κ3) is 7.83. The van der Waals surface area contributed by atoms with E-state index in [1.807, 2.05) is 51.1 Å². The molecule has 2 aromatic carbocycles. The number of rotatable bonds is 12. The first-order valence-corrected chi connectivity index (χ1v) is 12.2. The van der Waals surface area contributed by atoms with Crippen LogP contribution in [0, 0.1) is 18.3 Å². The van der Waals surface area contributed by atoms with Crippen LogP contribution in [0.2, 0.25) is 0 Å². The molecule has 0 bridgehead atoms. The molecule has 1 aromatic heterocycles. The topological polar surface area (TPSA) is 106 Å². The molecule has 0 saturated carbocycles. The summed E-state index contributed by atoms with van der Waals surface area (Å²) < 4.78 is 17.2. The van der Waals surface area contributed by atoms with Crippen molar-refractivity contribution in [2.24, 2.45) is 0 Å². The molecule has 0 aliphatic heterocycles. The van der Waals surface area contributed by atoms with Gasteiger partial charge in [0.15, 0.2) is 11.5 Å². The van der Waals surface area contributed by atoms with Crippen molar-refractivity contribution in [1.82, 2.24) is 10.2 Å². The van der Waals surface area contributed by atoms with Crippen LogP contribution < -0.4 is 19.5 Å². The van der Waals surface area contributed by atoms with Gasteiger partial charge in [-0.1, -0.05) is 42.0 Å². The van der Waals surface area contributed by atoms with Crippen molar-refractivity contribution in [3.05, 3.63) is 64.2 Å². The molecule has 1 heterocycles. The zero-order valence-corrected chi connectivity index (χ0v) is 20.9. The highest BCUT2D eigenvalue weighted by Gasteiger charge is 2.14. The predicted octanol–water partition coefficient (Wildman–Crippen LogP) is 5.20. The van der Waals surface area contributed by atoms with Gasteiger partial charge in [-0.2, -0.15) is 5.26 Å². The highest BCUT2D eigenvalue weighted by molar-refractivity contribution is 7.15. The number of ether oxygens (including phenoxy) is 3. The van der Waals surface area contributed by atoms with E-state index in [-0.39, 0.29) is 5.57 Å². The van der Waals surface area contributed by atoms with Gasteiger partial charge in [0.2, 0.25) is 5.13 Å². The van der Waals surface area contributed by atoms with E-state index >= 15 is 0 Å². The van der Waals surface area contributed by atoms with E-state index in [2.05, 4.69) is 15.5 Å². The van der Waals surface area contributed by atoms with Gasteiger partial charge < -0.3 is 14.2 Å². The zero-order chi connectivity index (χ0) is 25.0. The molecule has 0 aliphatic carbocycles. The van der Waals surface area contributed by atoms with E-state index in [4.69, 9.17) is 14.2 Å². The van der Waals surface area contributed by atoms with E-state index in [0.29, 0.717) is 42.0 Å². The summed E-state index contributed by atoms with van der Waals surface area (Å²) in [6, 6.07) is 15.0. The number of carbonyl (C=O) groups is 1. The van der Waals surface area contributed by atoms with Crippen molar-refractivity contribution < 1.29 is 19.0 Å². The van der Waals surface area contributed by atoms with Crippen LogP contribution in [0.1, 0.15) is 36.4 Å². The molecule has 0 spiro atoms. The molecule has 0 radical (unpaired) electrons. The molecular weight excluding hydrogens is 464 g/mol. The molecule has 9 heteroatoms. The molecule has 0 aliphatic rings.